The van der Waals surface area contributed by atoms with Crippen LogP contribution >= 0.6 is 11.6 Å². The number of halogens is 1. The zero-order valence-corrected chi connectivity index (χ0v) is 17.5. The lowest BCUT2D eigenvalue weighted by Crippen LogP contribution is -2.43. The second-order valence-corrected chi connectivity index (χ2v) is 8.34. The van der Waals surface area contributed by atoms with Crippen molar-refractivity contribution < 1.29 is 24.2 Å². The van der Waals surface area contributed by atoms with Crippen LogP contribution in [0.15, 0.2) is 24.3 Å². The number of rotatable bonds is 5. The first-order valence-corrected chi connectivity index (χ1v) is 9.20. The largest absolute Gasteiger partial charge is 0.443 e. The molecule has 0 fully saturated rings. The smallest absolute Gasteiger partial charge is 0.424 e. The van der Waals surface area contributed by atoms with E-state index in [0.29, 0.717) is 11.4 Å². The fourth-order valence-electron chi connectivity index (χ4n) is 1.92. The molecule has 0 aliphatic rings. The molecule has 7 nitrogen and oxygen atoms in total. The number of aliphatic hydroxyl groups excluding tert-OH is 1. The van der Waals surface area contributed by atoms with Gasteiger partial charge in [0.1, 0.15) is 11.2 Å². The van der Waals surface area contributed by atoms with Crippen LogP contribution in [-0.4, -0.2) is 47.0 Å². The van der Waals surface area contributed by atoms with E-state index in [4.69, 9.17) is 21.1 Å². The van der Waals surface area contributed by atoms with Gasteiger partial charge in [-0.2, -0.15) is 4.90 Å². The van der Waals surface area contributed by atoms with Crippen LogP contribution in [0.2, 0.25) is 0 Å². The Labute approximate surface area is 165 Å². The van der Waals surface area contributed by atoms with Crippen molar-refractivity contribution >= 4 is 35.2 Å². The molecule has 0 radical (unpaired) electrons. The number of nitrogens with zero attached hydrogens (tertiary/aromatic N) is 1. The van der Waals surface area contributed by atoms with Gasteiger partial charge in [0.05, 0.1) is 17.7 Å². The topological polar surface area (TPSA) is 88.1 Å². The Balaban J connectivity index is 3.04. The van der Waals surface area contributed by atoms with Gasteiger partial charge in [0, 0.05) is 12.2 Å². The fourth-order valence-corrected chi connectivity index (χ4v) is 2.03. The molecule has 0 saturated heterocycles. The standard InChI is InChI=1S/C19H29ClN2O5/c1-18(2,3)26-16(24)22(17(25)27-19(4,5)6)14-9-7-13(8-10-14)21-12-15(23)11-20/h7-10,15,21,23H,11-12H2,1-6H3. The normalized spacial score (nSPS) is 12.9. The van der Waals surface area contributed by atoms with Crippen LogP contribution in [0.3, 0.4) is 0 Å². The molecule has 0 spiro atoms. The van der Waals surface area contributed by atoms with Gasteiger partial charge in [-0.05, 0) is 65.8 Å². The molecule has 0 heterocycles. The first-order chi connectivity index (χ1) is 12.3. The molecular formula is C19H29ClN2O5. The Kier molecular flexibility index (Phi) is 7.92. The molecular weight excluding hydrogens is 372 g/mol. The van der Waals surface area contributed by atoms with Crippen LogP contribution in [0.1, 0.15) is 41.5 Å². The summed E-state index contributed by atoms with van der Waals surface area (Å²) < 4.78 is 10.7. The van der Waals surface area contributed by atoms with E-state index in [9.17, 15) is 14.7 Å². The zero-order chi connectivity index (χ0) is 20.8. The summed E-state index contributed by atoms with van der Waals surface area (Å²) in [7, 11) is 0. The third-order valence-corrected chi connectivity index (χ3v) is 3.35. The number of alkyl halides is 1. The summed E-state index contributed by atoms with van der Waals surface area (Å²) >= 11 is 5.56. The van der Waals surface area contributed by atoms with Crippen molar-refractivity contribution in [2.75, 3.05) is 22.6 Å². The highest BCUT2D eigenvalue weighted by Crippen LogP contribution is 2.23. The molecule has 2 amide bonds. The van der Waals surface area contributed by atoms with Gasteiger partial charge < -0.3 is 19.9 Å². The van der Waals surface area contributed by atoms with Crippen molar-refractivity contribution in [3.05, 3.63) is 24.3 Å². The van der Waals surface area contributed by atoms with Gasteiger partial charge >= 0.3 is 12.2 Å². The van der Waals surface area contributed by atoms with Crippen molar-refractivity contribution in [3.63, 3.8) is 0 Å². The summed E-state index contributed by atoms with van der Waals surface area (Å²) in [4.78, 5) is 26.0. The van der Waals surface area contributed by atoms with E-state index in [0.717, 1.165) is 4.90 Å². The Morgan fingerprint density at radius 1 is 1.04 bits per heavy atom. The van der Waals surface area contributed by atoms with E-state index in [2.05, 4.69) is 5.32 Å². The maximum atomic E-state index is 12.6. The van der Waals surface area contributed by atoms with Crippen LogP contribution in [0.25, 0.3) is 0 Å². The highest BCUT2D eigenvalue weighted by Gasteiger charge is 2.32. The van der Waals surface area contributed by atoms with Crippen molar-refractivity contribution in [1.82, 2.24) is 0 Å². The molecule has 0 saturated carbocycles. The Hall–Kier alpha value is -1.99. The number of carbonyl (C=O) groups excluding carboxylic acids is 2. The quantitative estimate of drug-likeness (QED) is 0.713. The summed E-state index contributed by atoms with van der Waals surface area (Å²) in [5.74, 6) is 0.121. The highest BCUT2D eigenvalue weighted by atomic mass is 35.5. The van der Waals surface area contributed by atoms with Gasteiger partial charge in [-0.15, -0.1) is 11.6 Å². The summed E-state index contributed by atoms with van der Waals surface area (Å²) in [6, 6.07) is 6.53. The molecule has 0 bridgehead atoms. The predicted molar refractivity (Wildman–Crippen MR) is 107 cm³/mol. The van der Waals surface area contributed by atoms with Crippen molar-refractivity contribution in [2.24, 2.45) is 0 Å². The molecule has 152 valence electrons. The first-order valence-electron chi connectivity index (χ1n) is 8.66. The lowest BCUT2D eigenvalue weighted by Gasteiger charge is -2.28. The minimum absolute atomic E-state index is 0.121. The molecule has 2 N–H and O–H groups in total. The number of aliphatic hydroxyl groups is 1. The van der Waals surface area contributed by atoms with Crippen molar-refractivity contribution in [1.29, 1.82) is 0 Å². The van der Waals surface area contributed by atoms with E-state index in [1.807, 2.05) is 0 Å². The van der Waals surface area contributed by atoms with Gasteiger partial charge in [-0.3, -0.25) is 0 Å². The van der Waals surface area contributed by atoms with E-state index in [-0.39, 0.29) is 12.4 Å². The molecule has 8 heteroatoms. The number of benzene rings is 1. The molecule has 27 heavy (non-hydrogen) atoms. The van der Waals surface area contributed by atoms with Crippen LogP contribution in [-0.2, 0) is 9.47 Å². The van der Waals surface area contributed by atoms with Crippen LogP contribution in [0, 0.1) is 0 Å². The monoisotopic (exact) mass is 400 g/mol. The predicted octanol–water partition coefficient (Wildman–Crippen LogP) is 4.37. The number of anilines is 2. The maximum absolute atomic E-state index is 12.6. The average Bonchev–Trinajstić information content (AvgIpc) is 2.50. The molecule has 1 aromatic rings. The van der Waals surface area contributed by atoms with Crippen LogP contribution in [0.5, 0.6) is 0 Å². The molecule has 0 aliphatic carbocycles. The van der Waals surface area contributed by atoms with Crippen LogP contribution < -0.4 is 10.2 Å². The Morgan fingerprint density at radius 2 is 1.48 bits per heavy atom. The van der Waals surface area contributed by atoms with E-state index < -0.39 is 29.5 Å². The number of hydrogen-bond donors (Lipinski definition) is 2. The maximum Gasteiger partial charge on any atom is 0.424 e. The van der Waals surface area contributed by atoms with E-state index in [1.54, 1.807) is 65.8 Å². The minimum Gasteiger partial charge on any atom is -0.443 e. The number of imide groups is 1. The second-order valence-electron chi connectivity index (χ2n) is 8.03. The highest BCUT2D eigenvalue weighted by molar-refractivity contribution is 6.18. The average molecular weight is 401 g/mol. The molecule has 0 aromatic heterocycles. The summed E-state index contributed by atoms with van der Waals surface area (Å²) in [6.45, 7) is 10.6. The first kappa shape index (κ1) is 23.0. The second kappa shape index (κ2) is 9.28. The number of ether oxygens (including phenoxy) is 2. The summed E-state index contributed by atoms with van der Waals surface area (Å²) in [6.07, 6.45) is -2.32. The number of nitrogens with one attached hydrogen (secondary N) is 1. The number of hydrogen-bond acceptors (Lipinski definition) is 6. The Bertz CT molecular complexity index is 607. The fraction of sp³-hybridized carbons (Fsp3) is 0.579. The van der Waals surface area contributed by atoms with Crippen molar-refractivity contribution in [3.8, 4) is 0 Å². The van der Waals surface area contributed by atoms with E-state index in [1.165, 1.54) is 0 Å². The molecule has 1 atom stereocenters. The van der Waals surface area contributed by atoms with Crippen LogP contribution in [0.4, 0.5) is 21.0 Å². The minimum atomic E-state index is -0.824. The lowest BCUT2D eigenvalue weighted by atomic mass is 10.2. The van der Waals surface area contributed by atoms with Gasteiger partial charge in [-0.1, -0.05) is 0 Å². The number of amides is 2. The third kappa shape index (κ3) is 8.49. The van der Waals surface area contributed by atoms with Gasteiger partial charge in [0.15, 0.2) is 0 Å². The molecule has 1 aromatic carbocycles. The molecule has 0 aliphatic heterocycles. The number of carbonyl (C=O) groups is 2. The SMILES string of the molecule is CC(C)(C)OC(=O)N(C(=O)OC(C)(C)C)c1ccc(NCC(O)CCl)cc1. The molecule has 1 rings (SSSR count). The summed E-state index contributed by atoms with van der Waals surface area (Å²) in [5.41, 5.74) is -0.522. The third-order valence-electron chi connectivity index (χ3n) is 3.00. The van der Waals surface area contributed by atoms with Crippen molar-refractivity contribution in [2.45, 2.75) is 58.8 Å². The summed E-state index contributed by atoms with van der Waals surface area (Å²) in [5, 5.41) is 12.5. The lowest BCUT2D eigenvalue weighted by molar-refractivity contribution is 0.0430. The van der Waals surface area contributed by atoms with Gasteiger partial charge in [0.2, 0.25) is 0 Å². The van der Waals surface area contributed by atoms with Gasteiger partial charge in [0.25, 0.3) is 0 Å². The molecule has 1 unspecified atom stereocenters. The zero-order valence-electron chi connectivity index (χ0n) is 16.7. The van der Waals surface area contributed by atoms with E-state index >= 15 is 0 Å². The Morgan fingerprint density at radius 3 is 1.85 bits per heavy atom. The van der Waals surface area contributed by atoms with Gasteiger partial charge in [-0.25, -0.2) is 9.59 Å².